The molecule has 166 valence electrons. The summed E-state index contributed by atoms with van der Waals surface area (Å²) in [6.45, 7) is 11.0. The molecule has 0 atom stereocenters. The number of hydrazone groups is 1. The topological polar surface area (TPSA) is 51.2 Å². The Kier molecular flexibility index (Phi) is 8.88. The van der Waals surface area contributed by atoms with Crippen LogP contribution in [0.5, 0.6) is 0 Å². The maximum atomic E-state index is 12.2. The second-order valence-corrected chi connectivity index (χ2v) is 8.11. The van der Waals surface area contributed by atoms with Crippen LogP contribution in [-0.4, -0.2) is 67.7 Å². The average Bonchev–Trinajstić information content (AvgIpc) is 2.78. The minimum absolute atomic E-state index is 0.0874. The van der Waals surface area contributed by atoms with Gasteiger partial charge in [0.1, 0.15) is 0 Å². The standard InChI is InChI=1S/C24H32ClN5O/c1-3-30(4-2)22-11-9-20(10-12-22)17-26-27-24(31)19-29-15-13-28(14-16-29)18-21-7-5-6-8-23(21)25/h5-12,17H,3-4,13-16,18-19H2,1-2H3,(H,27,31)/b26-17+. The molecule has 0 radical (unpaired) electrons. The lowest BCUT2D eigenvalue weighted by atomic mass is 10.2. The fraction of sp³-hybridized carbons (Fsp3) is 0.417. The maximum Gasteiger partial charge on any atom is 0.254 e. The molecule has 1 heterocycles. The number of nitrogens with zero attached hydrogens (tertiary/aromatic N) is 4. The van der Waals surface area contributed by atoms with Gasteiger partial charge in [0, 0.05) is 56.5 Å². The zero-order valence-corrected chi connectivity index (χ0v) is 19.2. The van der Waals surface area contributed by atoms with Crippen molar-refractivity contribution in [1.29, 1.82) is 0 Å². The van der Waals surface area contributed by atoms with Gasteiger partial charge in [0.15, 0.2) is 0 Å². The Bertz CT molecular complexity index is 859. The highest BCUT2D eigenvalue weighted by molar-refractivity contribution is 6.31. The molecule has 1 aliphatic rings. The van der Waals surface area contributed by atoms with Crippen LogP contribution in [0.3, 0.4) is 0 Å². The SMILES string of the molecule is CCN(CC)c1ccc(/C=N/NC(=O)CN2CCN(Cc3ccccc3Cl)CC2)cc1. The van der Waals surface area contributed by atoms with E-state index in [2.05, 4.69) is 57.3 Å². The van der Waals surface area contributed by atoms with Gasteiger partial charge in [-0.25, -0.2) is 5.43 Å². The minimum atomic E-state index is -0.0874. The van der Waals surface area contributed by atoms with Crippen molar-refractivity contribution in [3.8, 4) is 0 Å². The van der Waals surface area contributed by atoms with Crippen molar-refractivity contribution < 1.29 is 4.79 Å². The number of nitrogens with one attached hydrogen (secondary N) is 1. The predicted molar refractivity (Wildman–Crippen MR) is 129 cm³/mol. The number of hydrogen-bond donors (Lipinski definition) is 1. The number of halogens is 1. The van der Waals surface area contributed by atoms with Gasteiger partial charge < -0.3 is 4.90 Å². The molecule has 1 fully saturated rings. The summed E-state index contributed by atoms with van der Waals surface area (Å²) < 4.78 is 0. The van der Waals surface area contributed by atoms with Crippen molar-refractivity contribution in [3.63, 3.8) is 0 Å². The van der Waals surface area contributed by atoms with Crippen LogP contribution in [0, 0.1) is 0 Å². The zero-order valence-electron chi connectivity index (χ0n) is 18.4. The van der Waals surface area contributed by atoms with Crippen molar-refractivity contribution >= 4 is 29.4 Å². The van der Waals surface area contributed by atoms with Crippen LogP contribution in [-0.2, 0) is 11.3 Å². The first-order chi connectivity index (χ1) is 15.1. The Hall–Kier alpha value is -2.41. The van der Waals surface area contributed by atoms with Gasteiger partial charge >= 0.3 is 0 Å². The highest BCUT2D eigenvalue weighted by atomic mass is 35.5. The first kappa shape index (κ1) is 23.3. The molecule has 0 spiro atoms. The van der Waals surface area contributed by atoms with Crippen LogP contribution >= 0.6 is 11.6 Å². The van der Waals surface area contributed by atoms with E-state index < -0.39 is 0 Å². The van der Waals surface area contributed by atoms with E-state index in [0.29, 0.717) is 6.54 Å². The lowest BCUT2D eigenvalue weighted by Gasteiger charge is -2.34. The number of carbonyl (C=O) groups is 1. The smallest absolute Gasteiger partial charge is 0.254 e. The molecule has 2 aromatic rings. The highest BCUT2D eigenvalue weighted by Crippen LogP contribution is 2.18. The van der Waals surface area contributed by atoms with E-state index in [4.69, 9.17) is 11.6 Å². The Labute approximate surface area is 190 Å². The molecule has 2 aromatic carbocycles. The van der Waals surface area contributed by atoms with Crippen molar-refractivity contribution in [2.45, 2.75) is 20.4 Å². The Morgan fingerprint density at radius 2 is 1.68 bits per heavy atom. The van der Waals surface area contributed by atoms with Gasteiger partial charge in [-0.1, -0.05) is 41.9 Å². The number of amides is 1. The van der Waals surface area contributed by atoms with Gasteiger partial charge in [-0.2, -0.15) is 5.10 Å². The summed E-state index contributed by atoms with van der Waals surface area (Å²) in [4.78, 5) is 19.1. The number of piperazine rings is 1. The first-order valence-corrected chi connectivity index (χ1v) is 11.3. The van der Waals surface area contributed by atoms with E-state index in [1.807, 2.05) is 30.3 Å². The van der Waals surface area contributed by atoms with E-state index in [-0.39, 0.29) is 5.91 Å². The Morgan fingerprint density at radius 3 is 2.32 bits per heavy atom. The molecule has 0 bridgehead atoms. The van der Waals surface area contributed by atoms with Crippen molar-refractivity contribution in [1.82, 2.24) is 15.2 Å². The third kappa shape index (κ3) is 7.06. The molecule has 1 aliphatic heterocycles. The fourth-order valence-electron chi connectivity index (χ4n) is 3.75. The molecule has 1 saturated heterocycles. The molecule has 1 N–H and O–H groups in total. The Balaban J connectivity index is 1.39. The van der Waals surface area contributed by atoms with Crippen LogP contribution in [0.15, 0.2) is 53.6 Å². The summed E-state index contributed by atoms with van der Waals surface area (Å²) in [7, 11) is 0. The summed E-state index contributed by atoms with van der Waals surface area (Å²) in [6, 6.07) is 16.2. The third-order valence-electron chi connectivity index (χ3n) is 5.61. The highest BCUT2D eigenvalue weighted by Gasteiger charge is 2.19. The number of hydrogen-bond acceptors (Lipinski definition) is 5. The fourth-order valence-corrected chi connectivity index (χ4v) is 3.95. The van der Waals surface area contributed by atoms with Gasteiger partial charge in [-0.3, -0.25) is 14.6 Å². The van der Waals surface area contributed by atoms with E-state index in [9.17, 15) is 4.79 Å². The van der Waals surface area contributed by atoms with Gasteiger partial charge in [0.2, 0.25) is 0 Å². The van der Waals surface area contributed by atoms with Gasteiger partial charge in [-0.05, 0) is 43.2 Å². The van der Waals surface area contributed by atoms with Crippen LogP contribution < -0.4 is 10.3 Å². The summed E-state index contributed by atoms with van der Waals surface area (Å²) in [5.74, 6) is -0.0874. The van der Waals surface area contributed by atoms with Crippen LogP contribution in [0.4, 0.5) is 5.69 Å². The van der Waals surface area contributed by atoms with E-state index in [0.717, 1.165) is 62.0 Å². The molecule has 0 aromatic heterocycles. The van der Waals surface area contributed by atoms with Crippen molar-refractivity contribution in [3.05, 3.63) is 64.7 Å². The summed E-state index contributed by atoms with van der Waals surface area (Å²) in [5, 5.41) is 4.92. The van der Waals surface area contributed by atoms with Crippen molar-refractivity contribution in [2.75, 3.05) is 50.7 Å². The quantitative estimate of drug-likeness (QED) is 0.478. The lowest BCUT2D eigenvalue weighted by Crippen LogP contribution is -2.48. The van der Waals surface area contributed by atoms with Crippen LogP contribution in [0.1, 0.15) is 25.0 Å². The van der Waals surface area contributed by atoms with E-state index in [1.54, 1.807) is 6.21 Å². The maximum absolute atomic E-state index is 12.2. The van der Waals surface area contributed by atoms with Crippen molar-refractivity contribution in [2.24, 2.45) is 5.10 Å². The molecule has 7 heteroatoms. The summed E-state index contributed by atoms with van der Waals surface area (Å²) in [5.41, 5.74) is 5.95. The normalized spacial score (nSPS) is 15.3. The number of anilines is 1. The molecule has 6 nitrogen and oxygen atoms in total. The van der Waals surface area contributed by atoms with E-state index in [1.165, 1.54) is 5.69 Å². The average molecular weight is 442 g/mol. The Morgan fingerprint density at radius 1 is 1.03 bits per heavy atom. The summed E-state index contributed by atoms with van der Waals surface area (Å²) >= 11 is 6.26. The van der Waals surface area contributed by atoms with E-state index >= 15 is 0 Å². The number of benzene rings is 2. The largest absolute Gasteiger partial charge is 0.372 e. The molecule has 0 saturated carbocycles. The molecule has 3 rings (SSSR count). The lowest BCUT2D eigenvalue weighted by molar-refractivity contribution is -0.122. The third-order valence-corrected chi connectivity index (χ3v) is 5.98. The second-order valence-electron chi connectivity index (χ2n) is 7.70. The molecular weight excluding hydrogens is 410 g/mol. The van der Waals surface area contributed by atoms with Gasteiger partial charge in [0.05, 0.1) is 12.8 Å². The van der Waals surface area contributed by atoms with Gasteiger partial charge in [-0.15, -0.1) is 0 Å². The number of carbonyl (C=O) groups excluding carboxylic acids is 1. The van der Waals surface area contributed by atoms with Crippen LogP contribution in [0.25, 0.3) is 0 Å². The predicted octanol–water partition coefficient (Wildman–Crippen LogP) is 3.45. The van der Waals surface area contributed by atoms with Gasteiger partial charge in [0.25, 0.3) is 5.91 Å². The second kappa shape index (κ2) is 11.8. The minimum Gasteiger partial charge on any atom is -0.372 e. The summed E-state index contributed by atoms with van der Waals surface area (Å²) in [6.07, 6.45) is 1.69. The first-order valence-electron chi connectivity index (χ1n) is 10.9. The monoisotopic (exact) mass is 441 g/mol. The number of rotatable bonds is 9. The molecule has 31 heavy (non-hydrogen) atoms. The van der Waals surface area contributed by atoms with Crippen LogP contribution in [0.2, 0.25) is 5.02 Å². The zero-order chi connectivity index (χ0) is 22.1. The molecule has 0 aliphatic carbocycles. The molecule has 0 unspecified atom stereocenters. The molecule has 1 amide bonds. The molecular formula is C24H32ClN5O.